The number of carbonyl (C=O) groups is 1. The molecule has 0 aliphatic carbocycles. The van der Waals surface area contributed by atoms with E-state index in [1.165, 1.54) is 0 Å². The van der Waals surface area contributed by atoms with Crippen molar-refractivity contribution >= 4 is 5.97 Å². The smallest absolute Gasteiger partial charge is 0.414 e. The Hall–Kier alpha value is -0.820. The summed E-state index contributed by atoms with van der Waals surface area (Å²) in [6.07, 6.45) is -5.49. The minimum Gasteiger partial charge on any atom is -0.465 e. The number of esters is 1. The second kappa shape index (κ2) is 8.58. The SMILES string of the molecule is CCOC(=O)C(C)(CCCOC(C)C(F)(F)F)NC(C)C. The Morgan fingerprint density at radius 2 is 1.81 bits per heavy atom. The van der Waals surface area contributed by atoms with Crippen molar-refractivity contribution in [2.45, 2.75) is 71.3 Å². The molecular formula is C14H26F3NO3. The first-order valence-electron chi connectivity index (χ1n) is 7.16. The van der Waals surface area contributed by atoms with Crippen LogP contribution in [0.15, 0.2) is 0 Å². The summed E-state index contributed by atoms with van der Waals surface area (Å²) in [7, 11) is 0. The molecule has 4 nitrogen and oxygen atoms in total. The first kappa shape index (κ1) is 20.2. The largest absolute Gasteiger partial charge is 0.465 e. The fourth-order valence-corrected chi connectivity index (χ4v) is 1.94. The standard InChI is InChI=1S/C14H26F3NO3/c1-6-20-12(19)13(5,18-10(2)3)8-7-9-21-11(4)14(15,16)17/h10-11,18H,6-9H2,1-5H3. The van der Waals surface area contributed by atoms with E-state index in [4.69, 9.17) is 9.47 Å². The zero-order valence-corrected chi connectivity index (χ0v) is 13.3. The van der Waals surface area contributed by atoms with E-state index in [0.29, 0.717) is 12.8 Å². The Bertz CT molecular complexity index is 321. The van der Waals surface area contributed by atoms with E-state index in [2.05, 4.69) is 5.32 Å². The lowest BCUT2D eigenvalue weighted by Crippen LogP contribution is -2.53. The van der Waals surface area contributed by atoms with Crippen molar-refractivity contribution in [1.82, 2.24) is 5.32 Å². The summed E-state index contributed by atoms with van der Waals surface area (Å²) >= 11 is 0. The Morgan fingerprint density at radius 1 is 1.24 bits per heavy atom. The van der Waals surface area contributed by atoms with E-state index in [9.17, 15) is 18.0 Å². The van der Waals surface area contributed by atoms with Crippen molar-refractivity contribution in [3.05, 3.63) is 0 Å². The molecule has 0 spiro atoms. The molecule has 0 heterocycles. The van der Waals surface area contributed by atoms with Crippen LogP contribution in [0.3, 0.4) is 0 Å². The summed E-state index contributed by atoms with van der Waals surface area (Å²) in [6.45, 7) is 8.35. The highest BCUT2D eigenvalue weighted by atomic mass is 19.4. The number of hydrogen-bond donors (Lipinski definition) is 1. The number of rotatable bonds is 9. The molecule has 0 saturated carbocycles. The molecule has 2 atom stereocenters. The highest BCUT2D eigenvalue weighted by molar-refractivity contribution is 5.80. The Morgan fingerprint density at radius 3 is 2.24 bits per heavy atom. The summed E-state index contributed by atoms with van der Waals surface area (Å²) in [6, 6.07) is 0.0504. The van der Waals surface area contributed by atoms with E-state index in [1.807, 2.05) is 13.8 Å². The van der Waals surface area contributed by atoms with Gasteiger partial charge in [0, 0.05) is 12.6 Å². The van der Waals surface area contributed by atoms with Gasteiger partial charge in [-0.1, -0.05) is 0 Å². The van der Waals surface area contributed by atoms with Gasteiger partial charge in [0.15, 0.2) is 6.10 Å². The van der Waals surface area contributed by atoms with Crippen molar-refractivity contribution in [1.29, 1.82) is 0 Å². The quantitative estimate of drug-likeness (QED) is 0.525. The average molecular weight is 313 g/mol. The number of halogens is 3. The van der Waals surface area contributed by atoms with Crippen LogP contribution in [0.25, 0.3) is 0 Å². The zero-order valence-electron chi connectivity index (χ0n) is 13.3. The third-order valence-corrected chi connectivity index (χ3v) is 2.98. The Kier molecular flexibility index (Phi) is 8.25. The Labute approximate surface area is 124 Å². The maximum atomic E-state index is 12.3. The van der Waals surface area contributed by atoms with E-state index in [1.54, 1.807) is 13.8 Å². The normalized spacial score (nSPS) is 16.6. The summed E-state index contributed by atoms with van der Waals surface area (Å²) in [5, 5.41) is 3.11. The minimum absolute atomic E-state index is 0.0504. The van der Waals surface area contributed by atoms with Crippen LogP contribution < -0.4 is 5.32 Å². The van der Waals surface area contributed by atoms with Gasteiger partial charge in [-0.3, -0.25) is 10.1 Å². The van der Waals surface area contributed by atoms with Crippen molar-refractivity contribution in [3.63, 3.8) is 0 Å². The fourth-order valence-electron chi connectivity index (χ4n) is 1.94. The number of nitrogens with one attached hydrogen (secondary N) is 1. The Balaban J connectivity index is 4.40. The lowest BCUT2D eigenvalue weighted by molar-refractivity contribution is -0.214. The van der Waals surface area contributed by atoms with Gasteiger partial charge in [0.25, 0.3) is 0 Å². The summed E-state index contributed by atoms with van der Waals surface area (Å²) < 4.78 is 46.7. The van der Waals surface area contributed by atoms with Gasteiger partial charge in [0.05, 0.1) is 6.61 Å². The average Bonchev–Trinajstić information content (AvgIpc) is 2.32. The molecule has 0 aliphatic heterocycles. The second-order valence-corrected chi connectivity index (χ2v) is 5.51. The first-order chi connectivity index (χ1) is 9.53. The number of ether oxygens (including phenoxy) is 2. The van der Waals surface area contributed by atoms with Crippen LogP contribution in [0.1, 0.15) is 47.5 Å². The predicted octanol–water partition coefficient (Wildman–Crippen LogP) is 3.05. The predicted molar refractivity (Wildman–Crippen MR) is 74.0 cm³/mol. The second-order valence-electron chi connectivity index (χ2n) is 5.51. The molecule has 0 aromatic rings. The maximum absolute atomic E-state index is 12.3. The van der Waals surface area contributed by atoms with Gasteiger partial charge in [-0.15, -0.1) is 0 Å². The van der Waals surface area contributed by atoms with Crippen LogP contribution in [0.5, 0.6) is 0 Å². The molecule has 2 unspecified atom stereocenters. The van der Waals surface area contributed by atoms with Crippen LogP contribution in [-0.4, -0.2) is 43.0 Å². The van der Waals surface area contributed by atoms with Crippen LogP contribution >= 0.6 is 0 Å². The topological polar surface area (TPSA) is 47.6 Å². The van der Waals surface area contributed by atoms with Crippen molar-refractivity contribution in [2.75, 3.05) is 13.2 Å². The monoisotopic (exact) mass is 313 g/mol. The molecule has 0 aromatic carbocycles. The lowest BCUT2D eigenvalue weighted by atomic mass is 9.95. The molecule has 0 fully saturated rings. The van der Waals surface area contributed by atoms with E-state index in [-0.39, 0.29) is 19.3 Å². The summed E-state index contributed by atoms with van der Waals surface area (Å²) in [5.41, 5.74) is -0.922. The van der Waals surface area contributed by atoms with Gasteiger partial charge in [0.1, 0.15) is 5.54 Å². The molecule has 0 rings (SSSR count). The molecule has 0 radical (unpaired) electrons. The van der Waals surface area contributed by atoms with Crippen molar-refractivity contribution in [2.24, 2.45) is 0 Å². The van der Waals surface area contributed by atoms with E-state index in [0.717, 1.165) is 6.92 Å². The molecule has 0 aromatic heterocycles. The molecule has 0 saturated heterocycles. The molecule has 7 heteroatoms. The van der Waals surface area contributed by atoms with Gasteiger partial charge in [0.2, 0.25) is 0 Å². The zero-order chi connectivity index (χ0) is 16.7. The summed E-state index contributed by atoms with van der Waals surface area (Å²) in [4.78, 5) is 12.0. The van der Waals surface area contributed by atoms with Crippen molar-refractivity contribution < 1.29 is 27.4 Å². The van der Waals surface area contributed by atoms with Crippen LogP contribution in [0.2, 0.25) is 0 Å². The van der Waals surface area contributed by atoms with Crippen LogP contribution in [0.4, 0.5) is 13.2 Å². The lowest BCUT2D eigenvalue weighted by Gasteiger charge is -2.30. The van der Waals surface area contributed by atoms with Gasteiger partial charge >= 0.3 is 12.1 Å². The van der Waals surface area contributed by atoms with Gasteiger partial charge in [-0.25, -0.2) is 0 Å². The molecule has 0 aliphatic rings. The number of hydrogen-bond acceptors (Lipinski definition) is 4. The minimum atomic E-state index is -4.36. The van der Waals surface area contributed by atoms with E-state index < -0.39 is 23.8 Å². The highest BCUT2D eigenvalue weighted by Gasteiger charge is 2.37. The first-order valence-corrected chi connectivity index (χ1v) is 7.16. The van der Waals surface area contributed by atoms with Gasteiger partial charge in [-0.2, -0.15) is 13.2 Å². The molecule has 21 heavy (non-hydrogen) atoms. The fraction of sp³-hybridized carbons (Fsp3) is 0.929. The molecule has 0 amide bonds. The van der Waals surface area contributed by atoms with E-state index >= 15 is 0 Å². The number of alkyl halides is 3. The molecule has 126 valence electrons. The molecule has 0 bridgehead atoms. The maximum Gasteiger partial charge on any atom is 0.414 e. The third kappa shape index (κ3) is 7.66. The summed E-state index contributed by atoms with van der Waals surface area (Å²) in [5.74, 6) is -0.400. The third-order valence-electron chi connectivity index (χ3n) is 2.98. The molecular weight excluding hydrogens is 287 g/mol. The number of carbonyl (C=O) groups excluding carboxylic acids is 1. The molecule has 1 N–H and O–H groups in total. The van der Waals surface area contributed by atoms with Crippen molar-refractivity contribution in [3.8, 4) is 0 Å². The van der Waals surface area contributed by atoms with Gasteiger partial charge in [-0.05, 0) is 47.5 Å². The highest BCUT2D eigenvalue weighted by Crippen LogP contribution is 2.23. The van der Waals surface area contributed by atoms with Crippen LogP contribution in [-0.2, 0) is 14.3 Å². The van der Waals surface area contributed by atoms with Crippen LogP contribution in [0, 0.1) is 0 Å². The van der Waals surface area contributed by atoms with Gasteiger partial charge < -0.3 is 9.47 Å².